The van der Waals surface area contributed by atoms with Crippen molar-refractivity contribution in [1.29, 1.82) is 0 Å². The highest BCUT2D eigenvalue weighted by Crippen LogP contribution is 2.33. The Morgan fingerprint density at radius 1 is 1.26 bits per heavy atom. The summed E-state index contributed by atoms with van der Waals surface area (Å²) in [4.78, 5) is 11.4. The third-order valence-electron chi connectivity index (χ3n) is 3.75. The highest BCUT2D eigenvalue weighted by Gasteiger charge is 2.38. The van der Waals surface area contributed by atoms with Gasteiger partial charge in [-0.15, -0.1) is 11.3 Å². The maximum Gasteiger partial charge on any atom is 0.270 e. The van der Waals surface area contributed by atoms with E-state index < -0.39 is 14.9 Å². The summed E-state index contributed by atoms with van der Waals surface area (Å²) in [5, 5.41) is 12.8. The molecule has 1 aromatic heterocycles. The van der Waals surface area contributed by atoms with Crippen molar-refractivity contribution in [2.45, 2.75) is 30.2 Å². The maximum absolute atomic E-state index is 12.9. The number of benzene rings is 1. The van der Waals surface area contributed by atoms with Crippen LogP contribution in [0.3, 0.4) is 0 Å². The molecule has 0 spiro atoms. The molecule has 0 amide bonds. The molecule has 0 unspecified atom stereocenters. The second-order valence-electron chi connectivity index (χ2n) is 5.43. The largest absolute Gasteiger partial charge is 0.270 e. The van der Waals surface area contributed by atoms with Crippen LogP contribution in [0.5, 0.6) is 0 Å². The standard InChI is InChI=1S/C15H16N2O4S2/c18-17(19)13-3-1-5-15(11-13)23(20,21)16(12-6-7-12)9-8-14-4-2-10-22-14/h1-5,10-12H,6-9H2. The lowest BCUT2D eigenvalue weighted by Crippen LogP contribution is -2.34. The molecule has 122 valence electrons. The lowest BCUT2D eigenvalue weighted by Gasteiger charge is -2.21. The van der Waals surface area contributed by atoms with E-state index in [1.807, 2.05) is 17.5 Å². The predicted molar refractivity (Wildman–Crippen MR) is 88.0 cm³/mol. The highest BCUT2D eigenvalue weighted by atomic mass is 32.2. The molecule has 6 nitrogen and oxygen atoms in total. The van der Waals surface area contributed by atoms with Crippen LogP contribution < -0.4 is 0 Å². The van der Waals surface area contributed by atoms with Crippen molar-refractivity contribution in [2.24, 2.45) is 0 Å². The summed E-state index contributed by atoms with van der Waals surface area (Å²) in [6, 6.07) is 9.20. The number of nitro benzene ring substituents is 1. The first-order valence-electron chi connectivity index (χ1n) is 7.27. The van der Waals surface area contributed by atoms with Gasteiger partial charge in [0.1, 0.15) is 0 Å². The van der Waals surface area contributed by atoms with Gasteiger partial charge in [0.15, 0.2) is 0 Å². The minimum absolute atomic E-state index is 0.00946. The van der Waals surface area contributed by atoms with Crippen molar-refractivity contribution in [3.05, 3.63) is 56.8 Å². The van der Waals surface area contributed by atoms with E-state index in [9.17, 15) is 18.5 Å². The SMILES string of the molecule is O=[N+]([O-])c1cccc(S(=O)(=O)N(CCc2cccs2)C2CC2)c1. The molecule has 1 aliphatic carbocycles. The van der Waals surface area contributed by atoms with Crippen molar-refractivity contribution in [3.63, 3.8) is 0 Å². The topological polar surface area (TPSA) is 80.5 Å². The summed E-state index contributed by atoms with van der Waals surface area (Å²) < 4.78 is 27.2. The van der Waals surface area contributed by atoms with E-state index in [1.54, 1.807) is 11.3 Å². The van der Waals surface area contributed by atoms with E-state index in [0.717, 1.165) is 23.8 Å². The number of hydrogen-bond donors (Lipinski definition) is 0. The molecule has 1 fully saturated rings. The summed E-state index contributed by atoms with van der Waals surface area (Å²) in [5.74, 6) is 0. The Balaban J connectivity index is 1.85. The van der Waals surface area contributed by atoms with E-state index in [0.29, 0.717) is 13.0 Å². The number of nitro groups is 1. The van der Waals surface area contributed by atoms with Crippen LogP contribution in [0.15, 0.2) is 46.7 Å². The number of rotatable bonds is 7. The van der Waals surface area contributed by atoms with E-state index >= 15 is 0 Å². The Labute approximate surface area is 138 Å². The first kappa shape index (κ1) is 16.1. The molecule has 8 heteroatoms. The van der Waals surface area contributed by atoms with Gasteiger partial charge >= 0.3 is 0 Å². The van der Waals surface area contributed by atoms with Gasteiger partial charge in [-0.3, -0.25) is 10.1 Å². The molecule has 1 saturated carbocycles. The van der Waals surface area contributed by atoms with Crippen LogP contribution in [0.1, 0.15) is 17.7 Å². The highest BCUT2D eigenvalue weighted by molar-refractivity contribution is 7.89. The zero-order chi connectivity index (χ0) is 16.4. The molecular weight excluding hydrogens is 336 g/mol. The van der Waals surface area contributed by atoms with Gasteiger partial charge in [0, 0.05) is 29.6 Å². The van der Waals surface area contributed by atoms with E-state index in [-0.39, 0.29) is 16.6 Å². The summed E-state index contributed by atoms with van der Waals surface area (Å²) in [6.45, 7) is 0.399. The molecule has 0 saturated heterocycles. The molecule has 0 bridgehead atoms. The Morgan fingerprint density at radius 2 is 2.04 bits per heavy atom. The zero-order valence-electron chi connectivity index (χ0n) is 12.3. The van der Waals surface area contributed by atoms with Gasteiger partial charge in [0.25, 0.3) is 5.69 Å². The van der Waals surface area contributed by atoms with Crippen LogP contribution in [-0.4, -0.2) is 30.2 Å². The molecule has 0 radical (unpaired) electrons. The Kier molecular flexibility index (Phi) is 4.47. The molecule has 2 aromatic rings. The molecule has 3 rings (SSSR count). The third-order valence-corrected chi connectivity index (χ3v) is 6.63. The molecule has 0 N–H and O–H groups in total. The van der Waals surface area contributed by atoms with Gasteiger partial charge in [-0.2, -0.15) is 4.31 Å². The van der Waals surface area contributed by atoms with Crippen LogP contribution in [0, 0.1) is 10.1 Å². The molecule has 1 aromatic carbocycles. The quantitative estimate of drug-likeness (QED) is 0.566. The van der Waals surface area contributed by atoms with E-state index in [2.05, 4.69) is 0 Å². The van der Waals surface area contributed by atoms with E-state index in [1.165, 1.54) is 22.5 Å². The third kappa shape index (κ3) is 3.60. The monoisotopic (exact) mass is 352 g/mol. The molecule has 0 atom stereocenters. The van der Waals surface area contributed by atoms with Crippen LogP contribution in [0.4, 0.5) is 5.69 Å². The number of thiophene rings is 1. The lowest BCUT2D eigenvalue weighted by molar-refractivity contribution is -0.385. The number of non-ortho nitro benzene ring substituents is 1. The fourth-order valence-corrected chi connectivity index (χ4v) is 4.85. The summed E-state index contributed by atoms with van der Waals surface area (Å²) in [7, 11) is -3.71. The van der Waals surface area contributed by atoms with Crippen LogP contribution in [0.25, 0.3) is 0 Å². The first-order chi connectivity index (χ1) is 11.0. The smallest absolute Gasteiger partial charge is 0.258 e. The van der Waals surface area contributed by atoms with Gasteiger partial charge in [-0.05, 0) is 36.8 Å². The predicted octanol–water partition coefficient (Wildman–Crippen LogP) is 3.05. The fraction of sp³-hybridized carbons (Fsp3) is 0.333. The van der Waals surface area contributed by atoms with Gasteiger partial charge in [-0.25, -0.2) is 8.42 Å². The summed E-state index contributed by atoms with van der Waals surface area (Å²) in [6.07, 6.45) is 2.35. The Hall–Kier alpha value is -1.77. The minimum Gasteiger partial charge on any atom is -0.258 e. The molecule has 23 heavy (non-hydrogen) atoms. The van der Waals surface area contributed by atoms with Gasteiger partial charge in [-0.1, -0.05) is 12.1 Å². The number of sulfonamides is 1. The second-order valence-corrected chi connectivity index (χ2v) is 8.35. The van der Waals surface area contributed by atoms with Crippen LogP contribution in [-0.2, 0) is 16.4 Å². The average molecular weight is 352 g/mol. The fourth-order valence-electron chi connectivity index (χ4n) is 2.43. The summed E-state index contributed by atoms with van der Waals surface area (Å²) >= 11 is 1.60. The number of hydrogen-bond acceptors (Lipinski definition) is 5. The Morgan fingerprint density at radius 3 is 2.65 bits per heavy atom. The molecular formula is C15H16N2O4S2. The van der Waals surface area contributed by atoms with Crippen LogP contribution in [0.2, 0.25) is 0 Å². The molecule has 1 heterocycles. The maximum atomic E-state index is 12.9. The van der Waals surface area contributed by atoms with Crippen LogP contribution >= 0.6 is 11.3 Å². The normalized spacial score (nSPS) is 15.0. The Bertz CT molecular complexity index is 799. The van der Waals surface area contributed by atoms with Crippen molar-refractivity contribution < 1.29 is 13.3 Å². The van der Waals surface area contributed by atoms with Crippen molar-refractivity contribution in [1.82, 2.24) is 4.31 Å². The average Bonchev–Trinajstić information content (AvgIpc) is 3.22. The zero-order valence-corrected chi connectivity index (χ0v) is 13.9. The van der Waals surface area contributed by atoms with Crippen molar-refractivity contribution in [3.8, 4) is 0 Å². The van der Waals surface area contributed by atoms with E-state index in [4.69, 9.17) is 0 Å². The second kappa shape index (κ2) is 6.38. The van der Waals surface area contributed by atoms with Gasteiger partial charge < -0.3 is 0 Å². The lowest BCUT2D eigenvalue weighted by atomic mass is 10.3. The molecule has 1 aliphatic rings. The number of nitrogens with zero attached hydrogens (tertiary/aromatic N) is 2. The minimum atomic E-state index is -3.71. The molecule has 0 aliphatic heterocycles. The summed E-state index contributed by atoms with van der Waals surface area (Å²) in [5.41, 5.74) is -0.208. The first-order valence-corrected chi connectivity index (χ1v) is 9.59. The van der Waals surface area contributed by atoms with Gasteiger partial charge in [0.2, 0.25) is 10.0 Å². The van der Waals surface area contributed by atoms with Gasteiger partial charge in [0.05, 0.1) is 9.82 Å². The van der Waals surface area contributed by atoms with Crippen molar-refractivity contribution in [2.75, 3.05) is 6.54 Å². The van der Waals surface area contributed by atoms with Crippen molar-refractivity contribution >= 4 is 27.0 Å².